The molecule has 0 unspecified atom stereocenters. The lowest BCUT2D eigenvalue weighted by Gasteiger charge is -2.34. The Balaban J connectivity index is 0.900. The van der Waals surface area contributed by atoms with Crippen LogP contribution in [0.4, 0.5) is 17.1 Å². The van der Waals surface area contributed by atoms with E-state index >= 15 is 0 Å². The molecule has 14 aromatic rings. The zero-order valence-electron chi connectivity index (χ0n) is 35.4. The van der Waals surface area contributed by atoms with Crippen LogP contribution >= 0.6 is 23.1 Å². The molecule has 0 amide bonds. The Hall–Kier alpha value is -7.96. The molecule has 0 spiro atoms. The van der Waals surface area contributed by atoms with Crippen molar-refractivity contribution >= 4 is 131 Å². The van der Waals surface area contributed by atoms with E-state index in [-0.39, 0.29) is 0 Å². The maximum absolute atomic E-state index is 5.16. The topological polar surface area (TPSA) is 20.5 Å². The van der Waals surface area contributed by atoms with Crippen LogP contribution in [0.25, 0.3) is 113 Å². The summed E-state index contributed by atoms with van der Waals surface area (Å²) in [6.07, 6.45) is 0. The van der Waals surface area contributed by atoms with Crippen LogP contribution in [0.15, 0.2) is 222 Å². The fourth-order valence-corrected chi connectivity index (χ4v) is 13.1. The molecule has 11 aromatic carbocycles. The quantitative estimate of drug-likeness (QED) is 0.165. The number of hydrogen-bond donors (Lipinski definition) is 0. The number of imidazole rings is 1. The van der Waals surface area contributed by atoms with Crippen LogP contribution < -0.4 is 4.90 Å². The van der Waals surface area contributed by atoms with E-state index in [4.69, 9.17) is 4.98 Å². The van der Waals surface area contributed by atoms with Gasteiger partial charge in [0.05, 0.1) is 27.9 Å². The lowest BCUT2D eigenvalue weighted by molar-refractivity contribution is 1.17. The Kier molecular flexibility index (Phi) is 7.59. The predicted octanol–water partition coefficient (Wildman–Crippen LogP) is 17.9. The smallest absolute Gasteiger partial charge is 0.146 e. The van der Waals surface area contributed by atoms with Gasteiger partial charge in [-0.25, -0.2) is 4.98 Å². The fraction of sp³-hybridized carbons (Fsp3) is 0. The van der Waals surface area contributed by atoms with Gasteiger partial charge < -0.3 is 4.90 Å². The molecule has 5 heteroatoms. The van der Waals surface area contributed by atoms with Crippen LogP contribution in [0.5, 0.6) is 0 Å². The second-order valence-electron chi connectivity index (χ2n) is 17.5. The van der Waals surface area contributed by atoms with Gasteiger partial charge in [-0.15, -0.1) is 11.3 Å². The van der Waals surface area contributed by atoms with E-state index < -0.39 is 0 Å². The monoisotopic (exact) mass is 873 g/mol. The number of benzene rings is 11. The van der Waals surface area contributed by atoms with E-state index in [1.54, 1.807) is 0 Å². The minimum atomic E-state index is 0.992. The maximum Gasteiger partial charge on any atom is 0.146 e. The van der Waals surface area contributed by atoms with Crippen molar-refractivity contribution in [1.82, 2.24) is 9.38 Å². The third kappa shape index (κ3) is 5.24. The van der Waals surface area contributed by atoms with Gasteiger partial charge in [0, 0.05) is 46.4 Å². The van der Waals surface area contributed by atoms with Crippen molar-refractivity contribution in [3.05, 3.63) is 212 Å². The Bertz CT molecular complexity index is 4390. The van der Waals surface area contributed by atoms with Crippen molar-refractivity contribution < 1.29 is 0 Å². The molecule has 0 saturated carbocycles. The molecule has 0 radical (unpaired) electrons. The number of hydrogen-bond acceptors (Lipinski definition) is 4. The normalized spacial score (nSPS) is 12.8. The van der Waals surface area contributed by atoms with E-state index in [1.165, 1.54) is 112 Å². The second kappa shape index (κ2) is 13.8. The average Bonchev–Trinajstić information content (AvgIpc) is 3.96. The van der Waals surface area contributed by atoms with Crippen molar-refractivity contribution in [2.24, 2.45) is 0 Å². The molecule has 0 atom stereocenters. The molecule has 306 valence electrons. The molecular formula is C61H35N3S2. The van der Waals surface area contributed by atoms with Crippen LogP contribution in [-0.2, 0) is 0 Å². The lowest BCUT2D eigenvalue weighted by Crippen LogP contribution is -2.15. The van der Waals surface area contributed by atoms with Crippen molar-refractivity contribution in [3.63, 3.8) is 0 Å². The number of thiophene rings is 1. The van der Waals surface area contributed by atoms with Crippen LogP contribution in [0.1, 0.15) is 0 Å². The molecule has 0 N–H and O–H groups in total. The standard InChI is InChI=1S/C61H35N3S2/c1-2-12-40(13-3-1)63-55-29-25-39(38-23-27-46-45-17-7-11-21-57(45)65-58(46)32-38)33-59(55)66-60-35-51-42-15-5-4-14-41(42)48-30-36(22-26-43(48)50(51)34-56(60)63)37-24-28-47-49(31-37)44-16-6-9-19-53(44)64-54-20-10-8-18-52(54)62-61(47)64/h1-35H. The van der Waals surface area contributed by atoms with Gasteiger partial charge in [-0.2, -0.15) is 0 Å². The molecule has 3 aromatic heterocycles. The third-order valence-corrected chi connectivity index (χ3v) is 16.1. The zero-order valence-corrected chi connectivity index (χ0v) is 37.0. The summed E-state index contributed by atoms with van der Waals surface area (Å²) in [5.41, 5.74) is 12.7. The molecule has 4 heterocycles. The number of para-hydroxylation sites is 4. The molecule has 0 saturated heterocycles. The lowest BCUT2D eigenvalue weighted by atomic mass is 9.91. The van der Waals surface area contributed by atoms with E-state index in [0.29, 0.717) is 0 Å². The highest BCUT2D eigenvalue weighted by Gasteiger charge is 2.27. The molecule has 1 aliphatic heterocycles. The first-order valence-corrected chi connectivity index (χ1v) is 24.1. The number of nitrogens with zero attached hydrogens (tertiary/aromatic N) is 3. The maximum atomic E-state index is 5.16. The first-order valence-electron chi connectivity index (χ1n) is 22.4. The van der Waals surface area contributed by atoms with Crippen LogP contribution in [0.3, 0.4) is 0 Å². The molecule has 3 nitrogen and oxygen atoms in total. The van der Waals surface area contributed by atoms with Gasteiger partial charge in [0.15, 0.2) is 0 Å². The molecule has 1 aliphatic rings. The summed E-state index contributed by atoms with van der Waals surface area (Å²) in [7, 11) is 0. The van der Waals surface area contributed by atoms with Gasteiger partial charge in [0.2, 0.25) is 0 Å². The van der Waals surface area contributed by atoms with Gasteiger partial charge in [0.25, 0.3) is 0 Å². The molecule has 0 fully saturated rings. The van der Waals surface area contributed by atoms with E-state index in [9.17, 15) is 0 Å². The summed E-state index contributed by atoms with van der Waals surface area (Å²) in [4.78, 5) is 10.1. The van der Waals surface area contributed by atoms with Gasteiger partial charge in [0.1, 0.15) is 5.65 Å². The number of anilines is 3. The van der Waals surface area contributed by atoms with E-state index in [1.807, 2.05) is 23.1 Å². The highest BCUT2D eigenvalue weighted by atomic mass is 32.2. The summed E-state index contributed by atoms with van der Waals surface area (Å²) in [5.74, 6) is 0. The molecule has 66 heavy (non-hydrogen) atoms. The van der Waals surface area contributed by atoms with Gasteiger partial charge in [-0.1, -0.05) is 139 Å². The minimum absolute atomic E-state index is 0.992. The van der Waals surface area contributed by atoms with Crippen LogP contribution in [0.2, 0.25) is 0 Å². The van der Waals surface area contributed by atoms with Gasteiger partial charge >= 0.3 is 0 Å². The molecule has 0 bridgehead atoms. The van der Waals surface area contributed by atoms with Crippen molar-refractivity contribution in [3.8, 4) is 22.3 Å². The Morgan fingerprint density at radius 2 is 0.879 bits per heavy atom. The summed E-state index contributed by atoms with van der Waals surface area (Å²) >= 11 is 3.76. The van der Waals surface area contributed by atoms with Gasteiger partial charge in [-0.05, 0) is 145 Å². The Labute approximate surface area is 387 Å². The first-order chi connectivity index (χ1) is 32.7. The largest absolute Gasteiger partial charge is 0.308 e. The zero-order chi connectivity index (χ0) is 43.0. The molecule has 15 rings (SSSR count). The predicted molar refractivity (Wildman–Crippen MR) is 283 cm³/mol. The van der Waals surface area contributed by atoms with Gasteiger partial charge in [-0.3, -0.25) is 4.40 Å². The van der Waals surface area contributed by atoms with Crippen molar-refractivity contribution in [1.29, 1.82) is 0 Å². The van der Waals surface area contributed by atoms with Crippen LogP contribution in [0, 0.1) is 0 Å². The Morgan fingerprint density at radius 3 is 1.70 bits per heavy atom. The minimum Gasteiger partial charge on any atom is -0.308 e. The van der Waals surface area contributed by atoms with E-state index in [2.05, 4.69) is 222 Å². The van der Waals surface area contributed by atoms with Crippen molar-refractivity contribution in [2.45, 2.75) is 9.79 Å². The number of aromatic nitrogens is 2. The highest BCUT2D eigenvalue weighted by molar-refractivity contribution is 7.99. The fourth-order valence-electron chi connectivity index (χ4n) is 10.9. The third-order valence-electron chi connectivity index (χ3n) is 13.9. The van der Waals surface area contributed by atoms with Crippen molar-refractivity contribution in [2.75, 3.05) is 4.90 Å². The van der Waals surface area contributed by atoms with E-state index in [0.717, 1.165) is 27.8 Å². The molecule has 0 aliphatic carbocycles. The summed E-state index contributed by atoms with van der Waals surface area (Å²) in [6, 6.07) is 78.6. The number of pyridine rings is 1. The first kappa shape index (κ1) is 36.4. The molecular weight excluding hydrogens is 839 g/mol. The second-order valence-corrected chi connectivity index (χ2v) is 19.6. The average molecular weight is 874 g/mol. The highest BCUT2D eigenvalue weighted by Crippen LogP contribution is 2.55. The SMILES string of the molecule is c1ccc(N2c3ccc(-c4ccc5c(c4)sc4ccccc45)cc3Sc3cc4c5ccccc5c5cc(-c6ccc7c(c6)c6ccccc6n6c8ccccc8nc76)ccc5c4cc32)cc1. The van der Waals surface area contributed by atoms with Crippen LogP contribution in [-0.4, -0.2) is 9.38 Å². The summed E-state index contributed by atoms with van der Waals surface area (Å²) in [5, 5.41) is 13.8. The number of fused-ring (bicyclic) bond motifs is 19. The Morgan fingerprint density at radius 1 is 0.333 bits per heavy atom. The number of rotatable bonds is 3. The summed E-state index contributed by atoms with van der Waals surface area (Å²) < 4.78 is 4.97. The summed E-state index contributed by atoms with van der Waals surface area (Å²) in [6.45, 7) is 0.